The molecule has 1 aromatic carbocycles. The Kier molecular flexibility index (Phi) is 6.52. The second kappa shape index (κ2) is 8.16. The molecule has 0 heterocycles. The van der Waals surface area contributed by atoms with E-state index in [1.165, 1.54) is 6.92 Å². The van der Waals surface area contributed by atoms with Crippen molar-refractivity contribution < 1.29 is 24.2 Å². The quantitative estimate of drug-likeness (QED) is 0.549. The summed E-state index contributed by atoms with van der Waals surface area (Å²) in [6.07, 6.45) is 0. The summed E-state index contributed by atoms with van der Waals surface area (Å²) >= 11 is 0. The highest BCUT2D eigenvalue weighted by atomic mass is 16.5. The SMILES string of the molecule is COCCOc1ccc(CNC(=O)C(C)C(=O)O)cc1. The zero-order chi connectivity index (χ0) is 15.0. The molecule has 0 bridgehead atoms. The van der Waals surface area contributed by atoms with E-state index in [4.69, 9.17) is 14.6 Å². The molecule has 0 radical (unpaired) electrons. The number of carboxylic acid groups (broad SMARTS) is 1. The Morgan fingerprint density at radius 1 is 1.25 bits per heavy atom. The number of carboxylic acids is 1. The molecule has 0 fully saturated rings. The smallest absolute Gasteiger partial charge is 0.315 e. The van der Waals surface area contributed by atoms with Gasteiger partial charge in [-0.2, -0.15) is 0 Å². The van der Waals surface area contributed by atoms with Gasteiger partial charge in [-0.15, -0.1) is 0 Å². The van der Waals surface area contributed by atoms with Crippen molar-refractivity contribution in [1.82, 2.24) is 5.32 Å². The normalized spacial score (nSPS) is 11.7. The lowest BCUT2D eigenvalue weighted by Crippen LogP contribution is -2.33. The third-order valence-corrected chi connectivity index (χ3v) is 2.71. The van der Waals surface area contributed by atoms with Crippen LogP contribution in [-0.4, -0.2) is 37.3 Å². The fraction of sp³-hybridized carbons (Fsp3) is 0.429. The van der Waals surface area contributed by atoms with E-state index in [0.717, 1.165) is 11.3 Å². The van der Waals surface area contributed by atoms with Gasteiger partial charge >= 0.3 is 5.97 Å². The van der Waals surface area contributed by atoms with Gasteiger partial charge in [0, 0.05) is 13.7 Å². The third kappa shape index (κ3) is 5.27. The predicted molar refractivity (Wildman–Crippen MR) is 72.5 cm³/mol. The first-order chi connectivity index (χ1) is 9.54. The topological polar surface area (TPSA) is 84.9 Å². The number of nitrogens with one attached hydrogen (secondary N) is 1. The van der Waals surface area contributed by atoms with E-state index in [1.807, 2.05) is 12.1 Å². The molecule has 1 aromatic rings. The number of ether oxygens (including phenoxy) is 2. The monoisotopic (exact) mass is 281 g/mol. The van der Waals surface area contributed by atoms with Gasteiger partial charge in [0.1, 0.15) is 18.3 Å². The van der Waals surface area contributed by atoms with E-state index in [-0.39, 0.29) is 6.54 Å². The van der Waals surface area contributed by atoms with Crippen LogP contribution < -0.4 is 10.1 Å². The van der Waals surface area contributed by atoms with E-state index in [1.54, 1.807) is 19.2 Å². The minimum Gasteiger partial charge on any atom is -0.491 e. The summed E-state index contributed by atoms with van der Waals surface area (Å²) in [5.41, 5.74) is 0.870. The van der Waals surface area contributed by atoms with Crippen LogP contribution in [-0.2, 0) is 20.9 Å². The molecule has 0 aromatic heterocycles. The zero-order valence-electron chi connectivity index (χ0n) is 11.6. The van der Waals surface area contributed by atoms with Crippen molar-refractivity contribution in [3.63, 3.8) is 0 Å². The van der Waals surface area contributed by atoms with Gasteiger partial charge in [-0.25, -0.2) is 0 Å². The van der Waals surface area contributed by atoms with Crippen molar-refractivity contribution in [2.24, 2.45) is 5.92 Å². The number of benzene rings is 1. The van der Waals surface area contributed by atoms with Crippen LogP contribution in [0.25, 0.3) is 0 Å². The summed E-state index contributed by atoms with van der Waals surface area (Å²) < 4.78 is 10.3. The molecule has 1 amide bonds. The van der Waals surface area contributed by atoms with Gasteiger partial charge in [0.25, 0.3) is 0 Å². The second-order valence-electron chi connectivity index (χ2n) is 4.26. The first kappa shape index (κ1) is 16.0. The van der Waals surface area contributed by atoms with Gasteiger partial charge in [-0.05, 0) is 24.6 Å². The van der Waals surface area contributed by atoms with Crippen LogP contribution in [0, 0.1) is 5.92 Å². The van der Waals surface area contributed by atoms with Gasteiger partial charge in [-0.1, -0.05) is 12.1 Å². The molecule has 0 saturated heterocycles. The number of aliphatic carboxylic acids is 1. The molecule has 1 atom stereocenters. The average molecular weight is 281 g/mol. The summed E-state index contributed by atoms with van der Waals surface area (Å²) in [6.45, 7) is 2.63. The molecule has 6 heteroatoms. The lowest BCUT2D eigenvalue weighted by atomic mass is 10.1. The number of amides is 1. The summed E-state index contributed by atoms with van der Waals surface area (Å²) in [6, 6.07) is 7.21. The summed E-state index contributed by atoms with van der Waals surface area (Å²) in [7, 11) is 1.60. The minimum absolute atomic E-state index is 0.287. The predicted octanol–water partition coefficient (Wildman–Crippen LogP) is 1.05. The standard InChI is InChI=1S/C14H19NO5/c1-10(14(17)18)13(16)15-9-11-3-5-12(6-4-11)20-8-7-19-2/h3-6,10H,7-9H2,1-2H3,(H,15,16)(H,17,18). The lowest BCUT2D eigenvalue weighted by Gasteiger charge is -2.09. The number of carbonyl (C=O) groups excluding carboxylic acids is 1. The van der Waals surface area contributed by atoms with Crippen molar-refractivity contribution in [2.75, 3.05) is 20.3 Å². The maximum Gasteiger partial charge on any atom is 0.315 e. The zero-order valence-corrected chi connectivity index (χ0v) is 11.6. The molecular formula is C14H19NO5. The molecule has 0 aliphatic rings. The van der Waals surface area contributed by atoms with Gasteiger partial charge < -0.3 is 19.9 Å². The minimum atomic E-state index is -1.13. The fourth-order valence-corrected chi connectivity index (χ4v) is 1.40. The van der Waals surface area contributed by atoms with Gasteiger partial charge in [0.15, 0.2) is 0 Å². The second-order valence-corrected chi connectivity index (χ2v) is 4.26. The van der Waals surface area contributed by atoms with E-state index in [0.29, 0.717) is 13.2 Å². The Balaban J connectivity index is 2.41. The van der Waals surface area contributed by atoms with Crippen molar-refractivity contribution in [3.8, 4) is 5.75 Å². The van der Waals surface area contributed by atoms with Crippen molar-refractivity contribution in [3.05, 3.63) is 29.8 Å². The molecule has 0 aliphatic heterocycles. The van der Waals surface area contributed by atoms with E-state index < -0.39 is 17.8 Å². The summed E-state index contributed by atoms with van der Waals surface area (Å²) in [4.78, 5) is 22.1. The van der Waals surface area contributed by atoms with Gasteiger partial charge in [0.2, 0.25) is 5.91 Å². The van der Waals surface area contributed by atoms with Crippen LogP contribution in [0.5, 0.6) is 5.75 Å². The molecular weight excluding hydrogens is 262 g/mol. The highest BCUT2D eigenvalue weighted by molar-refractivity contribution is 5.96. The van der Waals surface area contributed by atoms with Crippen LogP contribution in [0.4, 0.5) is 0 Å². The molecule has 110 valence electrons. The highest BCUT2D eigenvalue weighted by Gasteiger charge is 2.19. The van der Waals surface area contributed by atoms with Crippen LogP contribution >= 0.6 is 0 Å². The molecule has 1 rings (SSSR count). The Morgan fingerprint density at radius 3 is 2.45 bits per heavy atom. The van der Waals surface area contributed by atoms with Crippen molar-refractivity contribution in [1.29, 1.82) is 0 Å². The Bertz CT molecular complexity index is 443. The van der Waals surface area contributed by atoms with Crippen molar-refractivity contribution in [2.45, 2.75) is 13.5 Å². The average Bonchev–Trinajstić information content (AvgIpc) is 2.45. The summed E-state index contributed by atoms with van der Waals surface area (Å²) in [5.74, 6) is -1.97. The Morgan fingerprint density at radius 2 is 1.90 bits per heavy atom. The van der Waals surface area contributed by atoms with Crippen LogP contribution in [0.2, 0.25) is 0 Å². The maximum atomic E-state index is 11.5. The molecule has 0 spiro atoms. The fourth-order valence-electron chi connectivity index (χ4n) is 1.40. The Hall–Kier alpha value is -2.08. The Labute approximate surface area is 117 Å². The van der Waals surface area contributed by atoms with Crippen LogP contribution in [0.3, 0.4) is 0 Å². The van der Waals surface area contributed by atoms with Crippen LogP contribution in [0.15, 0.2) is 24.3 Å². The number of hydrogen-bond donors (Lipinski definition) is 2. The largest absolute Gasteiger partial charge is 0.491 e. The highest BCUT2D eigenvalue weighted by Crippen LogP contribution is 2.12. The summed E-state index contributed by atoms with van der Waals surface area (Å²) in [5, 5.41) is 11.3. The molecule has 6 nitrogen and oxygen atoms in total. The first-order valence-corrected chi connectivity index (χ1v) is 6.25. The first-order valence-electron chi connectivity index (χ1n) is 6.25. The van der Waals surface area contributed by atoms with E-state index >= 15 is 0 Å². The van der Waals surface area contributed by atoms with Gasteiger partial charge in [-0.3, -0.25) is 9.59 Å². The maximum absolute atomic E-state index is 11.5. The molecule has 2 N–H and O–H groups in total. The van der Waals surface area contributed by atoms with Crippen molar-refractivity contribution >= 4 is 11.9 Å². The molecule has 0 saturated carbocycles. The molecule has 20 heavy (non-hydrogen) atoms. The van der Waals surface area contributed by atoms with E-state index in [2.05, 4.69) is 5.32 Å². The number of hydrogen-bond acceptors (Lipinski definition) is 4. The van der Waals surface area contributed by atoms with Crippen LogP contribution in [0.1, 0.15) is 12.5 Å². The molecule has 0 aliphatic carbocycles. The molecule has 1 unspecified atom stereocenters. The lowest BCUT2D eigenvalue weighted by molar-refractivity contribution is -0.146. The number of carbonyl (C=O) groups is 2. The van der Waals surface area contributed by atoms with E-state index in [9.17, 15) is 9.59 Å². The van der Waals surface area contributed by atoms with Gasteiger partial charge in [0.05, 0.1) is 6.61 Å². The third-order valence-electron chi connectivity index (χ3n) is 2.71. The number of methoxy groups -OCH3 is 1. The number of rotatable bonds is 8.